The van der Waals surface area contributed by atoms with Crippen molar-refractivity contribution in [2.24, 2.45) is 0 Å². The number of hydrogen-bond donors (Lipinski definition) is 2. The van der Waals surface area contributed by atoms with Crippen molar-refractivity contribution in [2.75, 3.05) is 13.2 Å². The van der Waals surface area contributed by atoms with Gasteiger partial charge in [0.15, 0.2) is 0 Å². The van der Waals surface area contributed by atoms with E-state index in [0.29, 0.717) is 25.7 Å². The minimum Gasteiger partial charge on any atom is -0.492 e. The molecule has 0 bridgehead atoms. The van der Waals surface area contributed by atoms with E-state index in [-0.39, 0.29) is 6.03 Å². The highest BCUT2D eigenvalue weighted by Crippen LogP contribution is 2.33. The molecule has 2 N–H and O–H groups in total. The van der Waals surface area contributed by atoms with Crippen LogP contribution in [-0.4, -0.2) is 33.9 Å². The van der Waals surface area contributed by atoms with E-state index in [1.165, 1.54) is 12.8 Å². The highest BCUT2D eigenvalue weighted by Gasteiger charge is 2.22. The molecule has 2 aromatic heterocycles. The number of hydrogen-bond acceptors (Lipinski definition) is 4. The summed E-state index contributed by atoms with van der Waals surface area (Å²) >= 11 is 0. The lowest BCUT2D eigenvalue weighted by Gasteiger charge is -2.13. The Kier molecular flexibility index (Phi) is 6.59. The zero-order valence-electron chi connectivity index (χ0n) is 17.0. The van der Waals surface area contributed by atoms with Gasteiger partial charge in [0.2, 0.25) is 0 Å². The van der Waals surface area contributed by atoms with Gasteiger partial charge in [-0.05, 0) is 43.2 Å². The highest BCUT2D eigenvalue weighted by molar-refractivity contribution is 5.73. The number of carbonyl (C=O) groups is 1. The van der Waals surface area contributed by atoms with Crippen LogP contribution in [0.1, 0.15) is 37.4 Å². The van der Waals surface area contributed by atoms with Crippen molar-refractivity contribution in [3.8, 4) is 17.1 Å². The minimum absolute atomic E-state index is 0.235. The molecule has 2 heterocycles. The van der Waals surface area contributed by atoms with Gasteiger partial charge in [-0.3, -0.25) is 9.67 Å². The van der Waals surface area contributed by atoms with Crippen LogP contribution >= 0.6 is 0 Å². The molecule has 3 aromatic rings. The quantitative estimate of drug-likeness (QED) is 0.556. The summed E-state index contributed by atoms with van der Waals surface area (Å²) in [6.07, 6.45) is 6.53. The molecule has 1 aliphatic rings. The molecule has 7 nitrogen and oxygen atoms in total. The van der Waals surface area contributed by atoms with E-state index in [0.717, 1.165) is 35.7 Å². The summed E-state index contributed by atoms with van der Waals surface area (Å²) in [5.41, 5.74) is 2.75. The third-order valence-corrected chi connectivity index (χ3v) is 5.21. The minimum atomic E-state index is -0.235. The Labute approximate surface area is 176 Å². The number of rotatable bonds is 8. The number of carbonyl (C=O) groups excluding carboxylic acids is 1. The second-order valence-corrected chi connectivity index (χ2v) is 7.39. The van der Waals surface area contributed by atoms with Crippen LogP contribution in [0.2, 0.25) is 0 Å². The second kappa shape index (κ2) is 9.91. The van der Waals surface area contributed by atoms with Crippen LogP contribution in [0.3, 0.4) is 0 Å². The first-order chi connectivity index (χ1) is 14.8. The molecule has 30 heavy (non-hydrogen) atoms. The largest absolute Gasteiger partial charge is 0.492 e. The van der Waals surface area contributed by atoms with Crippen molar-refractivity contribution >= 4 is 6.03 Å². The fraction of sp³-hybridized carbons (Fsp3) is 0.348. The van der Waals surface area contributed by atoms with Crippen molar-refractivity contribution in [1.82, 2.24) is 25.4 Å². The van der Waals surface area contributed by atoms with Gasteiger partial charge in [0, 0.05) is 6.20 Å². The summed E-state index contributed by atoms with van der Waals surface area (Å²) in [4.78, 5) is 16.6. The lowest BCUT2D eigenvalue weighted by molar-refractivity contribution is 0.236. The maximum Gasteiger partial charge on any atom is 0.315 e. The summed E-state index contributed by atoms with van der Waals surface area (Å²) in [6, 6.07) is 17.6. The van der Waals surface area contributed by atoms with Crippen molar-refractivity contribution in [1.29, 1.82) is 0 Å². The molecule has 1 saturated carbocycles. The molecule has 4 rings (SSSR count). The summed E-state index contributed by atoms with van der Waals surface area (Å²) < 4.78 is 7.67. The van der Waals surface area contributed by atoms with Gasteiger partial charge >= 0.3 is 6.03 Å². The summed E-state index contributed by atoms with van der Waals surface area (Å²) in [7, 11) is 0. The van der Waals surface area contributed by atoms with E-state index in [1.54, 1.807) is 6.20 Å². The first-order valence-electron chi connectivity index (χ1n) is 10.5. The van der Waals surface area contributed by atoms with Gasteiger partial charge < -0.3 is 15.4 Å². The predicted octanol–water partition coefficient (Wildman–Crippen LogP) is 3.94. The Hall–Kier alpha value is -3.35. The van der Waals surface area contributed by atoms with E-state index in [2.05, 4.69) is 20.3 Å². The number of urea groups is 1. The van der Waals surface area contributed by atoms with Crippen LogP contribution in [0.5, 0.6) is 5.75 Å². The van der Waals surface area contributed by atoms with Crippen molar-refractivity contribution in [3.05, 3.63) is 66.5 Å². The number of nitrogens with one attached hydrogen (secondary N) is 2. The maximum absolute atomic E-state index is 12.1. The molecule has 1 aliphatic carbocycles. The van der Waals surface area contributed by atoms with Crippen LogP contribution < -0.4 is 15.4 Å². The van der Waals surface area contributed by atoms with Crippen molar-refractivity contribution < 1.29 is 9.53 Å². The van der Waals surface area contributed by atoms with Gasteiger partial charge in [0.25, 0.3) is 0 Å². The van der Waals surface area contributed by atoms with E-state index in [9.17, 15) is 4.79 Å². The third kappa shape index (κ3) is 5.17. The molecule has 1 aromatic carbocycles. The van der Waals surface area contributed by atoms with E-state index in [4.69, 9.17) is 9.84 Å². The molecule has 0 saturated heterocycles. The number of para-hydroxylation sites is 1. The first kappa shape index (κ1) is 19.9. The zero-order valence-corrected chi connectivity index (χ0v) is 17.0. The summed E-state index contributed by atoms with van der Waals surface area (Å²) in [6.45, 7) is 1.21. The van der Waals surface area contributed by atoms with Crippen LogP contribution in [0.15, 0.2) is 60.8 Å². The number of nitrogens with zero attached hydrogens (tertiary/aromatic N) is 3. The Morgan fingerprint density at radius 3 is 2.63 bits per heavy atom. The first-order valence-corrected chi connectivity index (χ1v) is 10.5. The Balaban J connectivity index is 1.31. The number of benzene rings is 1. The monoisotopic (exact) mass is 405 g/mol. The van der Waals surface area contributed by atoms with E-state index in [1.807, 2.05) is 54.6 Å². The topological polar surface area (TPSA) is 81.1 Å². The normalized spacial score (nSPS) is 13.9. The average molecular weight is 406 g/mol. The van der Waals surface area contributed by atoms with Crippen LogP contribution in [-0.2, 0) is 6.54 Å². The van der Waals surface area contributed by atoms with Crippen LogP contribution in [0, 0.1) is 0 Å². The molecule has 0 aliphatic heterocycles. The van der Waals surface area contributed by atoms with Crippen LogP contribution in [0.25, 0.3) is 11.4 Å². The summed E-state index contributed by atoms with van der Waals surface area (Å²) in [5.74, 6) is 0.791. The molecule has 0 atom stereocenters. The van der Waals surface area contributed by atoms with Gasteiger partial charge in [-0.15, -0.1) is 0 Å². The van der Waals surface area contributed by atoms with Crippen LogP contribution in [0.4, 0.5) is 4.79 Å². The maximum atomic E-state index is 12.1. The number of aromatic nitrogens is 3. The van der Waals surface area contributed by atoms with E-state index >= 15 is 0 Å². The SMILES string of the molecule is O=C(NCCOc1ccccc1)NCc1cc(-c2ccccn2)n(C2CCCC2)n1. The smallest absolute Gasteiger partial charge is 0.315 e. The lowest BCUT2D eigenvalue weighted by atomic mass is 10.2. The van der Waals surface area contributed by atoms with Gasteiger partial charge in [0.1, 0.15) is 12.4 Å². The van der Waals surface area contributed by atoms with E-state index < -0.39 is 0 Å². The van der Waals surface area contributed by atoms with Crippen molar-refractivity contribution in [3.63, 3.8) is 0 Å². The molecule has 0 spiro atoms. The molecule has 7 heteroatoms. The lowest BCUT2D eigenvalue weighted by Crippen LogP contribution is -2.37. The highest BCUT2D eigenvalue weighted by atomic mass is 16.5. The summed E-state index contributed by atoms with van der Waals surface area (Å²) in [5, 5.41) is 10.5. The Bertz CT molecular complexity index is 937. The zero-order chi connectivity index (χ0) is 20.6. The molecule has 2 amide bonds. The predicted molar refractivity (Wildman–Crippen MR) is 115 cm³/mol. The number of ether oxygens (including phenoxy) is 1. The second-order valence-electron chi connectivity index (χ2n) is 7.39. The fourth-order valence-electron chi connectivity index (χ4n) is 3.75. The molecular weight excluding hydrogens is 378 g/mol. The van der Waals surface area contributed by atoms with Gasteiger partial charge in [-0.25, -0.2) is 4.79 Å². The standard InChI is InChI=1S/C23H27N5O2/c29-23(25-14-15-30-20-10-2-1-3-11-20)26-17-18-16-22(21-12-6-7-13-24-21)28(27-18)19-8-4-5-9-19/h1-3,6-7,10-13,16,19H,4-5,8-9,14-15,17H2,(H2,25,26,29). The number of amides is 2. The molecule has 0 radical (unpaired) electrons. The van der Waals surface area contributed by atoms with Crippen molar-refractivity contribution in [2.45, 2.75) is 38.3 Å². The Morgan fingerprint density at radius 1 is 1.07 bits per heavy atom. The molecule has 1 fully saturated rings. The average Bonchev–Trinajstić information content (AvgIpc) is 3.46. The Morgan fingerprint density at radius 2 is 1.87 bits per heavy atom. The molecular formula is C23H27N5O2. The molecule has 0 unspecified atom stereocenters. The van der Waals surface area contributed by atoms with Gasteiger partial charge in [0.05, 0.1) is 36.2 Å². The van der Waals surface area contributed by atoms with Gasteiger partial charge in [-0.2, -0.15) is 5.10 Å². The number of pyridine rings is 1. The molecule has 156 valence electrons. The van der Waals surface area contributed by atoms with Gasteiger partial charge in [-0.1, -0.05) is 37.1 Å². The fourth-order valence-corrected chi connectivity index (χ4v) is 3.75. The third-order valence-electron chi connectivity index (χ3n) is 5.21.